The molecule has 0 aliphatic carbocycles. The average molecular weight is 306 g/mol. The number of halogens is 2. The van der Waals surface area contributed by atoms with Gasteiger partial charge in [-0.25, -0.2) is 9.18 Å². The summed E-state index contributed by atoms with van der Waals surface area (Å²) in [5, 5.41) is 9.28. The second kappa shape index (κ2) is 5.29. The van der Waals surface area contributed by atoms with E-state index in [0.29, 0.717) is 29.9 Å². The molecule has 0 amide bonds. The van der Waals surface area contributed by atoms with Gasteiger partial charge in [0.2, 0.25) is 5.82 Å². The fourth-order valence-electron chi connectivity index (χ4n) is 2.51. The lowest BCUT2D eigenvalue weighted by Crippen LogP contribution is -2.01. The van der Waals surface area contributed by atoms with Gasteiger partial charge < -0.3 is 14.6 Å². The fraction of sp³-hybridized carbons (Fsp3) is 0.188. The zero-order chi connectivity index (χ0) is 15.9. The molecule has 2 aromatic rings. The Bertz CT molecular complexity index is 771. The van der Waals surface area contributed by atoms with Crippen molar-refractivity contribution in [3.05, 3.63) is 47.0 Å². The summed E-state index contributed by atoms with van der Waals surface area (Å²) < 4.78 is 37.3. The number of rotatable bonds is 3. The molecule has 0 fully saturated rings. The third-order valence-electron chi connectivity index (χ3n) is 3.56. The van der Waals surface area contributed by atoms with Crippen molar-refractivity contribution >= 4 is 5.97 Å². The zero-order valence-electron chi connectivity index (χ0n) is 11.7. The topological polar surface area (TPSA) is 55.8 Å². The molecule has 1 aliphatic rings. The van der Waals surface area contributed by atoms with Crippen LogP contribution in [0.2, 0.25) is 0 Å². The molecule has 4 nitrogen and oxygen atoms in total. The molecule has 0 aromatic heterocycles. The first-order chi connectivity index (χ1) is 10.5. The number of fused-ring (bicyclic) bond motifs is 1. The van der Waals surface area contributed by atoms with Crippen LogP contribution in [0.3, 0.4) is 0 Å². The number of ether oxygens (including phenoxy) is 2. The normalized spacial score (nSPS) is 12.7. The number of hydrogen-bond acceptors (Lipinski definition) is 3. The SMILES string of the molecule is COc1cc(-c2cc3c(c(C(=O)O)c2)OCC3)cc(F)c1F. The molecule has 3 rings (SSSR count). The van der Waals surface area contributed by atoms with Crippen molar-refractivity contribution in [1.29, 1.82) is 0 Å². The number of hydrogen-bond donors (Lipinski definition) is 1. The van der Waals surface area contributed by atoms with Gasteiger partial charge in [0.1, 0.15) is 11.3 Å². The number of aromatic carboxylic acids is 1. The van der Waals surface area contributed by atoms with Crippen LogP contribution in [-0.2, 0) is 6.42 Å². The van der Waals surface area contributed by atoms with E-state index in [2.05, 4.69) is 0 Å². The second-order valence-electron chi connectivity index (χ2n) is 4.89. The molecule has 2 aromatic carbocycles. The van der Waals surface area contributed by atoms with Crippen LogP contribution in [-0.4, -0.2) is 24.8 Å². The van der Waals surface area contributed by atoms with Gasteiger partial charge in [-0.15, -0.1) is 0 Å². The Morgan fingerprint density at radius 3 is 2.64 bits per heavy atom. The third kappa shape index (κ3) is 2.26. The molecule has 0 atom stereocenters. The average Bonchev–Trinajstić information content (AvgIpc) is 2.96. The molecule has 114 valence electrons. The molecule has 6 heteroatoms. The van der Waals surface area contributed by atoms with Crippen molar-refractivity contribution in [3.63, 3.8) is 0 Å². The molecule has 0 radical (unpaired) electrons. The van der Waals surface area contributed by atoms with E-state index in [0.717, 1.165) is 11.6 Å². The Balaban J connectivity index is 2.19. The predicted molar refractivity (Wildman–Crippen MR) is 74.5 cm³/mol. The van der Waals surface area contributed by atoms with Crippen LogP contribution in [0.15, 0.2) is 24.3 Å². The maximum Gasteiger partial charge on any atom is 0.339 e. The molecule has 0 bridgehead atoms. The second-order valence-corrected chi connectivity index (χ2v) is 4.89. The highest BCUT2D eigenvalue weighted by Gasteiger charge is 2.23. The number of benzene rings is 2. The Kier molecular flexibility index (Phi) is 3.44. The van der Waals surface area contributed by atoms with E-state index < -0.39 is 17.6 Å². The minimum atomic E-state index is -1.13. The van der Waals surface area contributed by atoms with Crippen LogP contribution in [0.5, 0.6) is 11.5 Å². The first-order valence-corrected chi connectivity index (χ1v) is 6.57. The lowest BCUT2D eigenvalue weighted by atomic mass is 9.98. The van der Waals surface area contributed by atoms with Crippen molar-refractivity contribution in [3.8, 4) is 22.6 Å². The van der Waals surface area contributed by atoms with Gasteiger partial charge >= 0.3 is 5.97 Å². The summed E-state index contributed by atoms with van der Waals surface area (Å²) in [7, 11) is 1.24. The Morgan fingerprint density at radius 2 is 1.95 bits per heavy atom. The standard InChI is InChI=1S/C16H12F2O4/c1-21-13-7-10(6-12(17)14(13)18)9-4-8-2-3-22-15(8)11(5-9)16(19)20/h4-7H,2-3H2,1H3,(H,19,20). The zero-order valence-corrected chi connectivity index (χ0v) is 11.7. The van der Waals surface area contributed by atoms with E-state index in [1.165, 1.54) is 19.2 Å². The van der Waals surface area contributed by atoms with Crippen LogP contribution in [0.1, 0.15) is 15.9 Å². The summed E-state index contributed by atoms with van der Waals surface area (Å²) in [6, 6.07) is 5.46. The molecule has 0 unspecified atom stereocenters. The van der Waals surface area contributed by atoms with E-state index in [1.54, 1.807) is 6.07 Å². The third-order valence-corrected chi connectivity index (χ3v) is 3.56. The molecular formula is C16H12F2O4. The van der Waals surface area contributed by atoms with Gasteiger partial charge in [0.05, 0.1) is 13.7 Å². The first-order valence-electron chi connectivity index (χ1n) is 6.57. The van der Waals surface area contributed by atoms with Crippen LogP contribution in [0.25, 0.3) is 11.1 Å². The summed E-state index contributed by atoms with van der Waals surface area (Å²) >= 11 is 0. The van der Waals surface area contributed by atoms with Gasteiger partial charge in [0.15, 0.2) is 11.6 Å². The highest BCUT2D eigenvalue weighted by molar-refractivity contribution is 5.93. The molecule has 1 N–H and O–H groups in total. The summed E-state index contributed by atoms with van der Waals surface area (Å²) in [6.45, 7) is 0.403. The van der Waals surface area contributed by atoms with E-state index in [-0.39, 0.29) is 11.3 Å². The minimum Gasteiger partial charge on any atom is -0.494 e. The van der Waals surface area contributed by atoms with Gasteiger partial charge in [-0.1, -0.05) is 0 Å². The summed E-state index contributed by atoms with van der Waals surface area (Å²) in [6.07, 6.45) is 0.574. The van der Waals surface area contributed by atoms with E-state index in [1.807, 2.05) is 0 Å². The van der Waals surface area contributed by atoms with Crippen molar-refractivity contribution in [2.24, 2.45) is 0 Å². The van der Waals surface area contributed by atoms with Crippen LogP contribution >= 0.6 is 0 Å². The highest BCUT2D eigenvalue weighted by atomic mass is 19.2. The fourth-order valence-corrected chi connectivity index (χ4v) is 2.51. The Labute approximate surface area is 124 Å². The van der Waals surface area contributed by atoms with Crippen molar-refractivity contribution < 1.29 is 28.2 Å². The van der Waals surface area contributed by atoms with Crippen LogP contribution in [0, 0.1) is 11.6 Å². The highest BCUT2D eigenvalue weighted by Crippen LogP contribution is 2.36. The lowest BCUT2D eigenvalue weighted by molar-refractivity contribution is 0.0693. The summed E-state index contributed by atoms with van der Waals surface area (Å²) in [4.78, 5) is 11.3. The Hall–Kier alpha value is -2.63. The number of carbonyl (C=O) groups is 1. The van der Waals surface area contributed by atoms with Crippen LogP contribution < -0.4 is 9.47 Å². The molecule has 0 spiro atoms. The van der Waals surface area contributed by atoms with E-state index in [4.69, 9.17) is 9.47 Å². The first kappa shape index (κ1) is 14.3. The van der Waals surface area contributed by atoms with Gasteiger partial charge in [-0.05, 0) is 41.0 Å². The largest absolute Gasteiger partial charge is 0.494 e. The smallest absolute Gasteiger partial charge is 0.339 e. The summed E-state index contributed by atoms with van der Waals surface area (Å²) in [5.41, 5.74) is 1.55. The molecule has 0 saturated carbocycles. The van der Waals surface area contributed by atoms with E-state index in [9.17, 15) is 18.7 Å². The summed E-state index contributed by atoms with van der Waals surface area (Å²) in [5.74, 6) is -3.15. The van der Waals surface area contributed by atoms with Crippen molar-refractivity contribution in [2.75, 3.05) is 13.7 Å². The van der Waals surface area contributed by atoms with Gasteiger partial charge in [0, 0.05) is 6.42 Å². The molecule has 1 heterocycles. The molecule has 0 saturated heterocycles. The molecule has 1 aliphatic heterocycles. The molecule has 22 heavy (non-hydrogen) atoms. The van der Waals surface area contributed by atoms with E-state index >= 15 is 0 Å². The Morgan fingerprint density at radius 1 is 1.23 bits per heavy atom. The number of methoxy groups -OCH3 is 1. The minimum absolute atomic E-state index is 0.00806. The van der Waals surface area contributed by atoms with Gasteiger partial charge in [0.25, 0.3) is 0 Å². The van der Waals surface area contributed by atoms with Crippen LogP contribution in [0.4, 0.5) is 8.78 Å². The predicted octanol–water partition coefficient (Wildman–Crippen LogP) is 3.27. The molecular weight excluding hydrogens is 294 g/mol. The maximum atomic E-state index is 13.6. The number of carboxylic acids is 1. The monoisotopic (exact) mass is 306 g/mol. The maximum absolute atomic E-state index is 13.6. The van der Waals surface area contributed by atoms with Crippen molar-refractivity contribution in [1.82, 2.24) is 0 Å². The van der Waals surface area contributed by atoms with Crippen molar-refractivity contribution in [2.45, 2.75) is 6.42 Å². The number of carboxylic acid groups (broad SMARTS) is 1. The van der Waals surface area contributed by atoms with Gasteiger partial charge in [-0.2, -0.15) is 4.39 Å². The quantitative estimate of drug-likeness (QED) is 0.945. The lowest BCUT2D eigenvalue weighted by Gasteiger charge is -2.10. The van der Waals surface area contributed by atoms with Gasteiger partial charge in [-0.3, -0.25) is 0 Å².